The molecule has 1 aliphatic rings. The average molecular weight is 444 g/mol. The maximum atomic E-state index is 11.8. The van der Waals surface area contributed by atoms with Crippen LogP contribution in [0.1, 0.15) is 42.9 Å². The molecule has 0 amide bonds. The average Bonchev–Trinajstić information content (AvgIpc) is 2.75. The number of aryl methyl sites for hydroxylation is 1. The van der Waals surface area contributed by atoms with Gasteiger partial charge in [0.15, 0.2) is 15.8 Å². The molecule has 1 aliphatic heterocycles. The summed E-state index contributed by atoms with van der Waals surface area (Å²) in [5.41, 5.74) is 2.88. The number of benzene rings is 1. The first-order valence-electron chi connectivity index (χ1n) is 10.9. The van der Waals surface area contributed by atoms with Crippen LogP contribution < -0.4 is 15.5 Å². The van der Waals surface area contributed by atoms with Crippen LogP contribution in [-0.4, -0.2) is 45.3 Å². The first-order valence-corrected chi connectivity index (χ1v) is 12.8. The van der Waals surface area contributed by atoms with Crippen molar-refractivity contribution in [2.75, 3.05) is 30.8 Å². The van der Waals surface area contributed by atoms with Crippen LogP contribution in [-0.2, 0) is 22.9 Å². The monoisotopic (exact) mass is 443 g/mol. The number of hydrogen-bond acceptors (Lipinski definition) is 5. The van der Waals surface area contributed by atoms with Crippen molar-refractivity contribution in [2.24, 2.45) is 4.99 Å². The Labute approximate surface area is 185 Å². The lowest BCUT2D eigenvalue weighted by Gasteiger charge is -2.28. The van der Waals surface area contributed by atoms with Crippen molar-refractivity contribution < 1.29 is 8.42 Å². The van der Waals surface area contributed by atoms with Gasteiger partial charge in [0.25, 0.3) is 0 Å². The summed E-state index contributed by atoms with van der Waals surface area (Å²) in [6.45, 7) is 7.88. The summed E-state index contributed by atoms with van der Waals surface area (Å²) in [6, 6.07) is 9.54. The summed E-state index contributed by atoms with van der Waals surface area (Å²) in [4.78, 5) is 11.9. The molecular weight excluding hydrogens is 410 g/mol. The van der Waals surface area contributed by atoms with Crippen LogP contribution in [0.4, 0.5) is 5.82 Å². The van der Waals surface area contributed by atoms with Crippen molar-refractivity contribution in [1.29, 1.82) is 0 Å². The lowest BCUT2D eigenvalue weighted by Crippen LogP contribution is -2.37. The summed E-state index contributed by atoms with van der Waals surface area (Å²) < 4.78 is 23.6. The van der Waals surface area contributed by atoms with E-state index in [1.807, 2.05) is 38.2 Å². The highest BCUT2D eigenvalue weighted by atomic mass is 32.2. The van der Waals surface area contributed by atoms with Crippen LogP contribution >= 0.6 is 0 Å². The number of guanidine groups is 1. The molecule has 3 rings (SSSR count). The first-order chi connectivity index (χ1) is 14.9. The molecule has 0 radical (unpaired) electrons. The summed E-state index contributed by atoms with van der Waals surface area (Å²) in [7, 11) is -3.21. The van der Waals surface area contributed by atoms with E-state index in [4.69, 9.17) is 0 Å². The minimum absolute atomic E-state index is 0.368. The summed E-state index contributed by atoms with van der Waals surface area (Å²) in [6.07, 6.45) is 6.86. The molecule has 0 bridgehead atoms. The van der Waals surface area contributed by atoms with E-state index < -0.39 is 9.84 Å². The highest BCUT2D eigenvalue weighted by Crippen LogP contribution is 2.19. The van der Waals surface area contributed by atoms with Gasteiger partial charge in [0, 0.05) is 38.6 Å². The van der Waals surface area contributed by atoms with Gasteiger partial charge in [-0.25, -0.2) is 18.4 Å². The molecule has 168 valence electrons. The second-order valence-corrected chi connectivity index (χ2v) is 9.97. The number of anilines is 1. The van der Waals surface area contributed by atoms with E-state index in [2.05, 4.69) is 31.6 Å². The van der Waals surface area contributed by atoms with Crippen molar-refractivity contribution in [3.63, 3.8) is 0 Å². The summed E-state index contributed by atoms with van der Waals surface area (Å²) in [5.74, 6) is 1.77. The molecule has 1 aromatic carbocycles. The predicted octanol–water partition coefficient (Wildman–Crippen LogP) is 3.04. The predicted molar refractivity (Wildman–Crippen MR) is 126 cm³/mol. The van der Waals surface area contributed by atoms with Crippen molar-refractivity contribution in [2.45, 2.75) is 51.1 Å². The van der Waals surface area contributed by atoms with E-state index in [9.17, 15) is 8.42 Å². The molecular formula is C23H33N5O2S. The first kappa shape index (κ1) is 23.1. The van der Waals surface area contributed by atoms with E-state index in [-0.39, 0.29) is 0 Å². The molecule has 0 spiro atoms. The Kier molecular flexibility index (Phi) is 7.90. The van der Waals surface area contributed by atoms with E-state index in [0.29, 0.717) is 18.0 Å². The van der Waals surface area contributed by atoms with Gasteiger partial charge in [-0.1, -0.05) is 12.1 Å². The van der Waals surface area contributed by atoms with Gasteiger partial charge in [0.1, 0.15) is 5.82 Å². The molecule has 31 heavy (non-hydrogen) atoms. The quantitative estimate of drug-likeness (QED) is 0.505. The van der Waals surface area contributed by atoms with Gasteiger partial charge in [-0.3, -0.25) is 0 Å². The molecule has 0 unspecified atom stereocenters. The molecule has 1 saturated heterocycles. The zero-order valence-electron chi connectivity index (χ0n) is 18.7. The fourth-order valence-corrected chi connectivity index (χ4v) is 4.75. The van der Waals surface area contributed by atoms with Crippen LogP contribution in [0.2, 0.25) is 0 Å². The van der Waals surface area contributed by atoms with Crippen LogP contribution in [0.15, 0.2) is 46.4 Å². The number of aromatic nitrogens is 1. The normalized spacial score (nSPS) is 15.1. The van der Waals surface area contributed by atoms with Crippen molar-refractivity contribution >= 4 is 21.6 Å². The molecule has 8 heteroatoms. The second-order valence-electron chi connectivity index (χ2n) is 7.99. The number of aliphatic imine (C=N–C) groups is 1. The maximum Gasteiger partial charge on any atom is 0.191 e. The molecule has 0 saturated carbocycles. The number of nitrogens with one attached hydrogen (secondary N) is 2. The molecule has 2 aromatic rings. The third-order valence-corrected chi connectivity index (χ3v) is 6.61. The molecule has 2 N–H and O–H groups in total. The van der Waals surface area contributed by atoms with Crippen LogP contribution in [0.5, 0.6) is 0 Å². The minimum atomic E-state index is -3.21. The SMILES string of the molecule is CCNC(=NCc1ccc(S(C)(=O)=O)c(C)c1)NCc1ccnc(N2CCCCC2)c1. The van der Waals surface area contributed by atoms with Gasteiger partial charge in [0.05, 0.1) is 11.4 Å². The Hall–Kier alpha value is -2.61. The van der Waals surface area contributed by atoms with Gasteiger partial charge in [-0.05, 0) is 68.0 Å². The molecule has 0 aliphatic carbocycles. The Morgan fingerprint density at radius 2 is 1.87 bits per heavy atom. The highest BCUT2D eigenvalue weighted by Gasteiger charge is 2.13. The van der Waals surface area contributed by atoms with Crippen molar-refractivity contribution in [1.82, 2.24) is 15.6 Å². The molecule has 2 heterocycles. The summed E-state index contributed by atoms with van der Waals surface area (Å²) in [5, 5.41) is 6.65. The third-order valence-electron chi connectivity index (χ3n) is 5.35. The standard InChI is InChI=1S/C23H33N5O2S/c1-4-24-23(26-16-19-8-9-21(18(2)14-19)31(3,29)30)27-17-20-10-11-25-22(15-20)28-12-6-5-7-13-28/h8-11,14-15H,4-7,12-13,16-17H2,1-3H3,(H2,24,26,27). The fraction of sp³-hybridized carbons (Fsp3) is 0.478. The zero-order chi connectivity index (χ0) is 22.3. The van der Waals surface area contributed by atoms with E-state index in [0.717, 1.165) is 48.1 Å². The van der Waals surface area contributed by atoms with Gasteiger partial charge in [-0.2, -0.15) is 0 Å². The lowest BCUT2D eigenvalue weighted by molar-refractivity contribution is 0.573. The van der Waals surface area contributed by atoms with Gasteiger partial charge in [-0.15, -0.1) is 0 Å². The smallest absolute Gasteiger partial charge is 0.191 e. The van der Waals surface area contributed by atoms with Crippen LogP contribution in [0.3, 0.4) is 0 Å². The van der Waals surface area contributed by atoms with E-state index in [1.54, 1.807) is 6.07 Å². The van der Waals surface area contributed by atoms with Crippen molar-refractivity contribution in [3.05, 3.63) is 53.2 Å². The number of rotatable bonds is 7. The zero-order valence-corrected chi connectivity index (χ0v) is 19.5. The minimum Gasteiger partial charge on any atom is -0.357 e. The third kappa shape index (κ3) is 6.69. The molecule has 7 nitrogen and oxygen atoms in total. The Morgan fingerprint density at radius 1 is 1.10 bits per heavy atom. The van der Waals surface area contributed by atoms with Crippen molar-refractivity contribution in [3.8, 4) is 0 Å². The fourth-order valence-electron chi connectivity index (χ4n) is 3.79. The Balaban J connectivity index is 1.64. The van der Waals surface area contributed by atoms with Gasteiger partial charge < -0.3 is 15.5 Å². The molecule has 0 atom stereocenters. The number of pyridine rings is 1. The van der Waals surface area contributed by atoms with E-state index in [1.165, 1.54) is 25.5 Å². The summed E-state index contributed by atoms with van der Waals surface area (Å²) >= 11 is 0. The number of sulfone groups is 1. The lowest BCUT2D eigenvalue weighted by atomic mass is 10.1. The highest BCUT2D eigenvalue weighted by molar-refractivity contribution is 7.90. The number of hydrogen-bond donors (Lipinski definition) is 2. The number of piperidine rings is 1. The van der Waals surface area contributed by atoms with Gasteiger partial charge >= 0.3 is 0 Å². The molecule has 1 fully saturated rings. The second kappa shape index (κ2) is 10.6. The Bertz CT molecular complexity index is 1010. The van der Waals surface area contributed by atoms with Crippen LogP contribution in [0.25, 0.3) is 0 Å². The number of nitrogens with zero attached hydrogens (tertiary/aromatic N) is 3. The van der Waals surface area contributed by atoms with E-state index >= 15 is 0 Å². The Morgan fingerprint density at radius 3 is 2.55 bits per heavy atom. The largest absolute Gasteiger partial charge is 0.357 e. The maximum absolute atomic E-state index is 11.8. The van der Waals surface area contributed by atoms with Gasteiger partial charge in [0.2, 0.25) is 0 Å². The van der Waals surface area contributed by atoms with Crippen LogP contribution in [0, 0.1) is 6.92 Å². The molecule has 1 aromatic heterocycles. The topological polar surface area (TPSA) is 86.7 Å².